The minimum atomic E-state index is -1.40. The summed E-state index contributed by atoms with van der Waals surface area (Å²) < 4.78 is 6.34. The summed E-state index contributed by atoms with van der Waals surface area (Å²) in [7, 11) is -2.55. The molecule has 24 heavy (non-hydrogen) atoms. The van der Waals surface area contributed by atoms with E-state index in [2.05, 4.69) is 58.9 Å². The van der Waals surface area contributed by atoms with Crippen LogP contribution in [0.4, 0.5) is 0 Å². The average Bonchev–Trinajstić information content (AvgIpc) is 2.45. The number of hydrogen-bond donors (Lipinski definition) is 0. The molecule has 0 fully saturated rings. The lowest BCUT2D eigenvalue weighted by Crippen LogP contribution is -2.38. The SMILES string of the molecule is C=CCCCCCCCC(C(CCC)CO[Si](C)(C)C)[Si](C)(C)C. The number of rotatable bonds is 15. The maximum Gasteiger partial charge on any atom is 0.183 e. The third-order valence-electron chi connectivity index (χ3n) is 4.99. The van der Waals surface area contributed by atoms with Crippen LogP contribution >= 0.6 is 0 Å². The van der Waals surface area contributed by atoms with Crippen LogP contribution < -0.4 is 0 Å². The Kier molecular flexibility index (Phi) is 12.6. The lowest BCUT2D eigenvalue weighted by atomic mass is 9.96. The molecule has 0 saturated heterocycles. The Hall–Kier alpha value is 0.134. The smallest absolute Gasteiger partial charge is 0.183 e. The zero-order valence-electron chi connectivity index (χ0n) is 17.9. The minimum absolute atomic E-state index is 0.786. The molecule has 2 atom stereocenters. The van der Waals surface area contributed by atoms with E-state index in [9.17, 15) is 0 Å². The third kappa shape index (κ3) is 12.5. The molecule has 0 saturated carbocycles. The normalized spacial score (nSPS) is 15.3. The molecule has 0 aromatic carbocycles. The second-order valence-electron chi connectivity index (χ2n) is 9.58. The largest absolute Gasteiger partial charge is 0.417 e. The summed E-state index contributed by atoms with van der Waals surface area (Å²) in [6, 6.07) is 0. The molecule has 144 valence electrons. The van der Waals surface area contributed by atoms with Crippen molar-refractivity contribution in [3.05, 3.63) is 12.7 Å². The van der Waals surface area contributed by atoms with Gasteiger partial charge in [-0.1, -0.05) is 71.2 Å². The van der Waals surface area contributed by atoms with Gasteiger partial charge in [0.05, 0.1) is 0 Å². The van der Waals surface area contributed by atoms with Crippen LogP contribution in [-0.4, -0.2) is 23.0 Å². The van der Waals surface area contributed by atoms with E-state index in [4.69, 9.17) is 4.43 Å². The molecule has 0 spiro atoms. The van der Waals surface area contributed by atoms with Crippen LogP contribution in [-0.2, 0) is 4.43 Å². The fraction of sp³-hybridized carbons (Fsp3) is 0.905. The molecule has 0 rings (SSSR count). The first-order valence-corrected chi connectivity index (χ1v) is 17.3. The van der Waals surface area contributed by atoms with Gasteiger partial charge in [-0.2, -0.15) is 0 Å². The van der Waals surface area contributed by atoms with Crippen molar-refractivity contribution in [2.24, 2.45) is 5.92 Å². The highest BCUT2D eigenvalue weighted by molar-refractivity contribution is 6.77. The van der Waals surface area contributed by atoms with E-state index in [-0.39, 0.29) is 0 Å². The summed E-state index contributed by atoms with van der Waals surface area (Å²) in [4.78, 5) is 0. The molecule has 0 N–H and O–H groups in total. The second-order valence-corrected chi connectivity index (χ2v) is 19.6. The van der Waals surface area contributed by atoms with Gasteiger partial charge in [-0.25, -0.2) is 0 Å². The Morgan fingerprint density at radius 2 is 1.46 bits per heavy atom. The Balaban J connectivity index is 4.50. The summed E-state index contributed by atoms with van der Waals surface area (Å²) in [5.74, 6) is 0.786. The monoisotopic (exact) mass is 370 g/mol. The summed E-state index contributed by atoms with van der Waals surface area (Å²) in [5, 5.41) is 0. The number of hydrogen-bond acceptors (Lipinski definition) is 1. The predicted molar refractivity (Wildman–Crippen MR) is 117 cm³/mol. The van der Waals surface area contributed by atoms with Crippen molar-refractivity contribution in [1.29, 1.82) is 0 Å². The lowest BCUT2D eigenvalue weighted by Gasteiger charge is -2.37. The van der Waals surface area contributed by atoms with Crippen LogP contribution in [0.2, 0.25) is 44.8 Å². The van der Waals surface area contributed by atoms with Gasteiger partial charge in [0.1, 0.15) is 0 Å². The molecule has 3 heteroatoms. The Morgan fingerprint density at radius 1 is 0.875 bits per heavy atom. The van der Waals surface area contributed by atoms with Gasteiger partial charge in [-0.05, 0) is 50.4 Å². The van der Waals surface area contributed by atoms with E-state index >= 15 is 0 Å². The highest BCUT2D eigenvalue weighted by Crippen LogP contribution is 2.38. The first-order valence-electron chi connectivity index (χ1n) is 10.4. The number of unbranched alkanes of at least 4 members (excludes halogenated alkanes) is 5. The molecule has 0 bridgehead atoms. The van der Waals surface area contributed by atoms with E-state index < -0.39 is 16.4 Å². The van der Waals surface area contributed by atoms with Crippen molar-refractivity contribution in [3.8, 4) is 0 Å². The fourth-order valence-electron chi connectivity index (χ4n) is 3.69. The van der Waals surface area contributed by atoms with Gasteiger partial charge < -0.3 is 4.43 Å². The quantitative estimate of drug-likeness (QED) is 0.162. The molecule has 0 radical (unpaired) electrons. The Morgan fingerprint density at radius 3 is 1.96 bits per heavy atom. The first kappa shape index (κ1) is 24.1. The summed E-state index contributed by atoms with van der Waals surface area (Å²) in [6.07, 6.45) is 14.2. The average molecular weight is 371 g/mol. The van der Waals surface area contributed by atoms with Crippen LogP contribution in [0.3, 0.4) is 0 Å². The van der Waals surface area contributed by atoms with E-state index in [1.807, 2.05) is 0 Å². The molecule has 0 amide bonds. The van der Waals surface area contributed by atoms with Gasteiger partial charge in [0.2, 0.25) is 0 Å². The van der Waals surface area contributed by atoms with E-state index in [0.717, 1.165) is 18.1 Å². The lowest BCUT2D eigenvalue weighted by molar-refractivity contribution is 0.218. The second kappa shape index (κ2) is 12.5. The molecule has 1 nitrogen and oxygen atoms in total. The van der Waals surface area contributed by atoms with Crippen molar-refractivity contribution >= 4 is 16.4 Å². The Bertz CT molecular complexity index is 315. The predicted octanol–water partition coefficient (Wildman–Crippen LogP) is 7.88. The van der Waals surface area contributed by atoms with E-state index in [1.54, 1.807) is 0 Å². The van der Waals surface area contributed by atoms with Crippen molar-refractivity contribution in [2.75, 3.05) is 6.61 Å². The van der Waals surface area contributed by atoms with Gasteiger partial charge in [0.15, 0.2) is 8.32 Å². The first-order chi connectivity index (χ1) is 11.1. The van der Waals surface area contributed by atoms with E-state index in [0.29, 0.717) is 0 Å². The maximum atomic E-state index is 6.34. The van der Waals surface area contributed by atoms with Crippen LogP contribution in [0.1, 0.15) is 64.7 Å². The molecule has 0 aliphatic carbocycles. The fourth-order valence-corrected chi connectivity index (χ4v) is 7.15. The topological polar surface area (TPSA) is 9.23 Å². The standard InChI is InChI=1S/C21H46OSi2/c1-9-11-12-13-14-15-16-18-21(23(3,4)5)20(17-10-2)19-22-24(6,7)8/h9,20-21H,1,10-19H2,2-8H3. The van der Waals surface area contributed by atoms with Crippen LogP contribution in [0, 0.1) is 5.92 Å². The van der Waals surface area contributed by atoms with Gasteiger partial charge in [0.25, 0.3) is 0 Å². The summed E-state index contributed by atoms with van der Waals surface area (Å²) in [5.41, 5.74) is 0.918. The van der Waals surface area contributed by atoms with Crippen molar-refractivity contribution in [1.82, 2.24) is 0 Å². The third-order valence-corrected chi connectivity index (χ3v) is 9.01. The minimum Gasteiger partial charge on any atom is -0.417 e. The van der Waals surface area contributed by atoms with Crippen molar-refractivity contribution < 1.29 is 4.43 Å². The van der Waals surface area contributed by atoms with Gasteiger partial charge in [0, 0.05) is 14.7 Å². The van der Waals surface area contributed by atoms with Crippen molar-refractivity contribution in [2.45, 2.75) is 110 Å². The Labute approximate surface area is 155 Å². The highest BCUT2D eigenvalue weighted by Gasteiger charge is 2.33. The molecular formula is C21H46OSi2. The molecule has 2 unspecified atom stereocenters. The summed E-state index contributed by atoms with van der Waals surface area (Å²) in [6.45, 7) is 21.8. The highest BCUT2D eigenvalue weighted by atomic mass is 28.4. The van der Waals surface area contributed by atoms with Crippen LogP contribution in [0.25, 0.3) is 0 Å². The molecule has 0 aromatic rings. The zero-order valence-corrected chi connectivity index (χ0v) is 19.9. The number of allylic oxidation sites excluding steroid dienone is 1. The molecular weight excluding hydrogens is 324 g/mol. The van der Waals surface area contributed by atoms with Gasteiger partial charge in [-0.3, -0.25) is 0 Å². The van der Waals surface area contributed by atoms with Gasteiger partial charge >= 0.3 is 0 Å². The van der Waals surface area contributed by atoms with E-state index in [1.165, 1.54) is 57.8 Å². The summed E-state index contributed by atoms with van der Waals surface area (Å²) >= 11 is 0. The molecule has 0 heterocycles. The van der Waals surface area contributed by atoms with Crippen molar-refractivity contribution in [3.63, 3.8) is 0 Å². The molecule has 0 aliphatic heterocycles. The van der Waals surface area contributed by atoms with Crippen LogP contribution in [0.15, 0.2) is 12.7 Å². The molecule has 0 aliphatic rings. The van der Waals surface area contributed by atoms with Crippen LogP contribution in [0.5, 0.6) is 0 Å². The zero-order chi connectivity index (χ0) is 18.6. The maximum absolute atomic E-state index is 6.34. The molecule has 0 aromatic heterocycles. The van der Waals surface area contributed by atoms with Gasteiger partial charge in [-0.15, -0.1) is 6.58 Å².